The smallest absolute Gasteiger partial charge is 0.166 e. The zero-order valence-electron chi connectivity index (χ0n) is 16.3. The van der Waals surface area contributed by atoms with Crippen LogP contribution in [0.3, 0.4) is 0 Å². The lowest BCUT2D eigenvalue weighted by atomic mass is 10.4. The fourth-order valence-corrected chi connectivity index (χ4v) is 14.9. The third-order valence-corrected chi connectivity index (χ3v) is 16.2. The Bertz CT molecular complexity index is 1040. The van der Waals surface area contributed by atoms with Gasteiger partial charge in [-0.25, -0.2) is 0 Å². The van der Waals surface area contributed by atoms with Crippen LogP contribution in [-0.4, -0.2) is 22.9 Å². The highest BCUT2D eigenvalue weighted by molar-refractivity contribution is 8.49. The topological polar surface area (TPSA) is 0 Å². The van der Waals surface area contributed by atoms with Crippen molar-refractivity contribution in [1.29, 1.82) is 0 Å². The molecule has 0 spiro atoms. The van der Waals surface area contributed by atoms with Crippen LogP contribution in [0.2, 0.25) is 0 Å². The quantitative estimate of drug-likeness (QED) is 0.281. The third-order valence-electron chi connectivity index (χ3n) is 4.26. The molecule has 0 atom stereocenters. The Labute approximate surface area is 225 Å². The molecule has 5 aliphatic rings. The molecule has 0 amide bonds. The second-order valence-corrected chi connectivity index (χ2v) is 16.7. The Balaban J connectivity index is 1.32. The average Bonchev–Trinajstić information content (AvgIpc) is 3.53. The molecule has 0 radical (unpaired) electrons. The maximum atomic E-state index is 13.2. The number of hydrogen-bond donors (Lipinski definition) is 0. The lowest BCUT2D eigenvalue weighted by Gasteiger charge is -2.15. The van der Waals surface area contributed by atoms with Crippen molar-refractivity contribution in [3.05, 3.63) is 83.8 Å². The zero-order valence-corrected chi connectivity index (χ0v) is 22.8. The lowest BCUT2D eigenvalue weighted by molar-refractivity contribution is -0.103. The molecule has 3 aliphatic heterocycles. The van der Waals surface area contributed by atoms with Crippen LogP contribution in [0, 0.1) is 0 Å². The molecule has 0 aromatic rings. The van der Waals surface area contributed by atoms with E-state index in [1.807, 2.05) is 24.3 Å². The molecule has 0 saturated carbocycles. The summed E-state index contributed by atoms with van der Waals surface area (Å²) in [6.07, 6.45) is 6.40. The summed E-state index contributed by atoms with van der Waals surface area (Å²) < 4.78 is 84.0. The summed E-state index contributed by atoms with van der Waals surface area (Å²) in [6, 6.07) is 0. The summed E-state index contributed by atoms with van der Waals surface area (Å²) in [4.78, 5) is -3.15. The molecule has 180 valence electrons. The van der Waals surface area contributed by atoms with Crippen LogP contribution in [0.25, 0.3) is 0 Å². The van der Waals surface area contributed by atoms with E-state index in [0.717, 1.165) is 16.9 Å². The fraction of sp³-hybridized carbons (Fsp3) is 0.200. The highest BCUT2D eigenvalue weighted by atomic mass is 32.3. The second-order valence-electron chi connectivity index (χ2n) is 6.70. The van der Waals surface area contributed by atoms with Crippen LogP contribution < -0.4 is 0 Å². The minimum Gasteiger partial charge on any atom is -0.166 e. The van der Waals surface area contributed by atoms with Gasteiger partial charge < -0.3 is 0 Å². The molecule has 2 aliphatic carbocycles. The van der Waals surface area contributed by atoms with Gasteiger partial charge in [0.25, 0.3) is 0 Å². The van der Waals surface area contributed by atoms with Crippen molar-refractivity contribution in [3.63, 3.8) is 0 Å². The summed E-state index contributed by atoms with van der Waals surface area (Å²) in [5.74, 6) is 0. The average molecular weight is 621 g/mol. The van der Waals surface area contributed by atoms with Crippen molar-refractivity contribution in [3.8, 4) is 0 Å². The zero-order chi connectivity index (χ0) is 24.1. The maximum absolute atomic E-state index is 13.2. The molecule has 0 aromatic carbocycles. The molecule has 0 saturated heterocycles. The van der Waals surface area contributed by atoms with Crippen LogP contribution in [0.5, 0.6) is 0 Å². The van der Waals surface area contributed by atoms with Crippen molar-refractivity contribution in [2.45, 2.75) is 22.9 Å². The van der Waals surface area contributed by atoms with Gasteiger partial charge in [-0.05, 0) is 0 Å². The van der Waals surface area contributed by atoms with E-state index in [1.165, 1.54) is 23.5 Å². The summed E-state index contributed by atoms with van der Waals surface area (Å²) in [5.41, 5.74) is 0. The summed E-state index contributed by atoms with van der Waals surface area (Å²) in [5, 5.41) is 0.468. The Hall–Kier alpha value is 0.300. The number of rotatable bonds is 4. The second kappa shape index (κ2) is 10.2. The normalized spacial score (nSPS) is 23.2. The number of halogens is 6. The summed E-state index contributed by atoms with van der Waals surface area (Å²) >= 11 is 9.47. The molecule has 0 N–H and O–H groups in total. The predicted molar refractivity (Wildman–Crippen MR) is 145 cm³/mol. The first-order chi connectivity index (χ1) is 16.1. The van der Waals surface area contributed by atoms with E-state index >= 15 is 0 Å². The van der Waals surface area contributed by atoms with Gasteiger partial charge in [0.05, 0.1) is 25.4 Å². The largest absolute Gasteiger partial charge is 0.423 e. The van der Waals surface area contributed by atoms with Crippen LogP contribution in [0.4, 0.5) is 26.3 Å². The summed E-state index contributed by atoms with van der Waals surface area (Å²) in [7, 11) is 0. The highest BCUT2D eigenvalue weighted by Crippen LogP contribution is 2.72. The Morgan fingerprint density at radius 2 is 0.912 bits per heavy atom. The third kappa shape index (κ3) is 5.73. The molecular formula is C20H10F6S8. The fourth-order valence-electron chi connectivity index (χ4n) is 2.86. The molecule has 5 rings (SSSR count). The van der Waals surface area contributed by atoms with Gasteiger partial charge in [-0.1, -0.05) is 119 Å². The molecule has 0 aromatic heterocycles. The van der Waals surface area contributed by atoms with Crippen LogP contribution in [0.15, 0.2) is 83.8 Å². The van der Waals surface area contributed by atoms with E-state index in [9.17, 15) is 26.3 Å². The minimum atomic E-state index is -5.04. The first-order valence-corrected chi connectivity index (χ1v) is 16.0. The standard InChI is InChI=1S/C20H10F6S8/c21-19(22,23)11-12(20(24,25)26)30-14(29-11)16-33-17-18(34-16)32-15(31-17)13(27-9-5-1-2-6-9)28-10-7-3-4-8-10/h1-10H. The van der Waals surface area contributed by atoms with E-state index in [0.29, 0.717) is 4.24 Å². The number of thioether (sulfide) groups is 8. The van der Waals surface area contributed by atoms with Crippen LogP contribution in [-0.2, 0) is 0 Å². The Morgan fingerprint density at radius 3 is 1.29 bits per heavy atom. The van der Waals surface area contributed by atoms with E-state index in [-0.39, 0.29) is 38.3 Å². The van der Waals surface area contributed by atoms with E-state index in [2.05, 4.69) is 24.3 Å². The number of allylic oxidation sites excluding steroid dienone is 6. The lowest BCUT2D eigenvalue weighted by Crippen LogP contribution is -2.16. The summed E-state index contributed by atoms with van der Waals surface area (Å²) in [6.45, 7) is 0. The van der Waals surface area contributed by atoms with Gasteiger partial charge in [0.1, 0.15) is 9.81 Å². The molecule has 14 heteroatoms. The van der Waals surface area contributed by atoms with Crippen molar-refractivity contribution in [1.82, 2.24) is 0 Å². The molecular weight excluding hydrogens is 611 g/mol. The van der Waals surface area contributed by atoms with Crippen LogP contribution in [0.1, 0.15) is 0 Å². The highest BCUT2D eigenvalue weighted by Gasteiger charge is 2.51. The molecule has 34 heavy (non-hydrogen) atoms. The van der Waals surface area contributed by atoms with Crippen molar-refractivity contribution in [2.75, 3.05) is 0 Å². The first kappa shape index (κ1) is 25.9. The van der Waals surface area contributed by atoms with Gasteiger partial charge in [0.2, 0.25) is 0 Å². The monoisotopic (exact) mass is 620 g/mol. The molecule has 0 bridgehead atoms. The molecule has 0 nitrogen and oxygen atoms in total. The molecule has 0 unspecified atom stereocenters. The van der Waals surface area contributed by atoms with E-state index < -0.39 is 22.2 Å². The maximum Gasteiger partial charge on any atom is 0.423 e. The first-order valence-electron chi connectivity index (χ1n) is 9.30. The molecule has 0 fully saturated rings. The molecule has 3 heterocycles. The predicted octanol–water partition coefficient (Wildman–Crippen LogP) is 10.6. The van der Waals surface area contributed by atoms with Gasteiger partial charge in [0.15, 0.2) is 0 Å². The minimum absolute atomic E-state index is 0.0437. The number of alkyl halides is 6. The van der Waals surface area contributed by atoms with Crippen molar-refractivity contribution < 1.29 is 26.3 Å². The van der Waals surface area contributed by atoms with Gasteiger partial charge >= 0.3 is 12.4 Å². The van der Waals surface area contributed by atoms with Crippen molar-refractivity contribution in [2.24, 2.45) is 0 Å². The van der Waals surface area contributed by atoms with Crippen LogP contribution >= 0.6 is 94.1 Å². The SMILES string of the molecule is FC(F)(F)C1=C(C(F)(F)F)SC(=C2SC3=C(S2)SC(=C(SC2C=CC=C2)SC2C=CC=C2)S3)S1. The van der Waals surface area contributed by atoms with Gasteiger partial charge in [0, 0.05) is 10.5 Å². The van der Waals surface area contributed by atoms with E-state index in [4.69, 9.17) is 0 Å². The Kier molecular flexibility index (Phi) is 7.80. The van der Waals surface area contributed by atoms with Gasteiger partial charge in [-0.2, -0.15) is 26.3 Å². The Morgan fingerprint density at radius 1 is 0.559 bits per heavy atom. The van der Waals surface area contributed by atoms with Gasteiger partial charge in [-0.3, -0.25) is 0 Å². The van der Waals surface area contributed by atoms with E-state index in [1.54, 1.807) is 47.0 Å². The number of hydrogen-bond acceptors (Lipinski definition) is 8. The van der Waals surface area contributed by atoms with Gasteiger partial charge in [-0.15, -0.1) is 23.5 Å². The van der Waals surface area contributed by atoms with Crippen molar-refractivity contribution >= 4 is 94.1 Å².